The highest BCUT2D eigenvalue weighted by Gasteiger charge is 2.28. The fraction of sp³-hybridized carbons (Fsp3) is 0.750. The van der Waals surface area contributed by atoms with Gasteiger partial charge in [-0.25, -0.2) is 0 Å². The van der Waals surface area contributed by atoms with Crippen LogP contribution in [0, 0.1) is 5.92 Å². The highest BCUT2D eigenvalue weighted by Crippen LogP contribution is 2.27. The monoisotopic (exact) mass is 204 g/mol. The molecule has 1 aliphatic heterocycles. The quantitative estimate of drug-likeness (QED) is 0.695. The fourth-order valence-corrected chi connectivity index (χ4v) is 2.10. The molecule has 0 radical (unpaired) electrons. The van der Waals surface area contributed by atoms with E-state index in [9.17, 15) is 9.59 Å². The zero-order chi connectivity index (χ0) is 9.84. The van der Waals surface area contributed by atoms with Crippen molar-refractivity contribution in [2.24, 2.45) is 5.92 Å². The molecule has 1 heterocycles. The number of carbonyl (C=O) groups excluding carboxylic acids is 1. The van der Waals surface area contributed by atoms with Gasteiger partial charge in [0.15, 0.2) is 0 Å². The van der Waals surface area contributed by atoms with Crippen LogP contribution < -0.4 is 0 Å². The molecule has 2 unspecified atom stereocenters. The number of carboxylic acid groups (broad SMARTS) is 1. The Labute approximate surface area is 80.6 Å². The van der Waals surface area contributed by atoms with Crippen molar-refractivity contribution in [3.63, 3.8) is 0 Å². The van der Waals surface area contributed by atoms with Crippen LogP contribution >= 0.6 is 11.8 Å². The average Bonchev–Trinajstić information content (AvgIpc) is 2.46. The summed E-state index contributed by atoms with van der Waals surface area (Å²) in [5.74, 6) is -1.11. The molecule has 0 aromatic rings. The lowest BCUT2D eigenvalue weighted by atomic mass is 10.0. The molecule has 0 amide bonds. The van der Waals surface area contributed by atoms with Crippen molar-refractivity contribution in [3.05, 3.63) is 0 Å². The minimum absolute atomic E-state index is 0.241. The minimum atomic E-state index is -0.814. The Kier molecular flexibility index (Phi) is 3.59. The van der Waals surface area contributed by atoms with Crippen LogP contribution in [0.25, 0.3) is 0 Å². The summed E-state index contributed by atoms with van der Waals surface area (Å²) < 4.78 is 4.90. The van der Waals surface area contributed by atoms with Crippen molar-refractivity contribution in [1.82, 2.24) is 0 Å². The summed E-state index contributed by atoms with van der Waals surface area (Å²) in [6.07, 6.45) is 0.992. The van der Waals surface area contributed by atoms with Gasteiger partial charge in [0.2, 0.25) is 0 Å². The third-order valence-corrected chi connectivity index (χ3v) is 3.03. The van der Waals surface area contributed by atoms with E-state index in [4.69, 9.17) is 9.84 Å². The molecule has 1 fully saturated rings. The second-order valence-electron chi connectivity index (χ2n) is 2.91. The van der Waals surface area contributed by atoms with Crippen molar-refractivity contribution in [1.29, 1.82) is 0 Å². The number of hydrogen-bond donors (Lipinski definition) is 1. The number of carbonyl (C=O) groups is 2. The van der Waals surface area contributed by atoms with Crippen LogP contribution in [0.1, 0.15) is 19.8 Å². The predicted molar refractivity (Wildman–Crippen MR) is 48.4 cm³/mol. The van der Waals surface area contributed by atoms with E-state index in [0.717, 1.165) is 0 Å². The lowest BCUT2D eigenvalue weighted by Gasteiger charge is -2.13. The van der Waals surface area contributed by atoms with Crippen molar-refractivity contribution < 1.29 is 19.4 Å². The number of carboxylic acids is 1. The molecule has 0 bridgehead atoms. The van der Waals surface area contributed by atoms with E-state index in [1.165, 1.54) is 11.8 Å². The summed E-state index contributed by atoms with van der Waals surface area (Å²) in [6.45, 7) is 1.82. The number of thioether (sulfide) groups is 1. The summed E-state index contributed by atoms with van der Waals surface area (Å²) in [6, 6.07) is 0. The van der Waals surface area contributed by atoms with Crippen LogP contribution in [0.2, 0.25) is 0 Å². The molecule has 13 heavy (non-hydrogen) atoms. The van der Waals surface area contributed by atoms with Crippen LogP contribution in [0.4, 0.5) is 0 Å². The third kappa shape index (κ3) is 2.91. The molecule has 0 aromatic heterocycles. The molecule has 0 spiro atoms. The highest BCUT2D eigenvalue weighted by atomic mass is 32.2. The van der Waals surface area contributed by atoms with Gasteiger partial charge in [0, 0.05) is 6.42 Å². The van der Waals surface area contributed by atoms with Gasteiger partial charge in [-0.2, -0.15) is 0 Å². The smallest absolute Gasteiger partial charge is 0.317 e. The summed E-state index contributed by atoms with van der Waals surface area (Å²) >= 11 is 1.38. The molecule has 5 heteroatoms. The summed E-state index contributed by atoms with van der Waals surface area (Å²) in [7, 11) is 0. The van der Waals surface area contributed by atoms with E-state index >= 15 is 0 Å². The van der Waals surface area contributed by atoms with Gasteiger partial charge in [0.05, 0.1) is 11.7 Å². The second kappa shape index (κ2) is 4.50. The maximum absolute atomic E-state index is 10.7. The van der Waals surface area contributed by atoms with E-state index in [0.29, 0.717) is 18.6 Å². The Morgan fingerprint density at radius 1 is 1.85 bits per heavy atom. The zero-order valence-corrected chi connectivity index (χ0v) is 8.17. The molecule has 0 saturated carbocycles. The number of rotatable bonds is 4. The SMILES string of the molecule is CCC(CC1OC(=O)CS1)C(=O)O. The van der Waals surface area contributed by atoms with Gasteiger partial charge in [0.1, 0.15) is 5.44 Å². The average molecular weight is 204 g/mol. The summed E-state index contributed by atoms with van der Waals surface area (Å²) in [4.78, 5) is 21.4. The lowest BCUT2D eigenvalue weighted by molar-refractivity contribution is -0.146. The van der Waals surface area contributed by atoms with Crippen molar-refractivity contribution >= 4 is 23.7 Å². The van der Waals surface area contributed by atoms with Gasteiger partial charge in [-0.05, 0) is 6.42 Å². The zero-order valence-electron chi connectivity index (χ0n) is 7.36. The molecule has 1 rings (SSSR count). The Morgan fingerprint density at radius 2 is 2.54 bits per heavy atom. The van der Waals surface area contributed by atoms with Crippen LogP contribution in [0.3, 0.4) is 0 Å². The molecular weight excluding hydrogens is 192 g/mol. The Bertz CT molecular complexity index is 216. The molecular formula is C8H12O4S. The third-order valence-electron chi connectivity index (χ3n) is 1.97. The first kappa shape index (κ1) is 10.4. The van der Waals surface area contributed by atoms with Crippen LogP contribution in [0.5, 0.6) is 0 Å². The maximum Gasteiger partial charge on any atom is 0.317 e. The van der Waals surface area contributed by atoms with Gasteiger partial charge >= 0.3 is 11.9 Å². The van der Waals surface area contributed by atoms with Gasteiger partial charge in [-0.1, -0.05) is 6.92 Å². The molecule has 0 aromatic carbocycles. The largest absolute Gasteiger partial charge is 0.481 e. The Morgan fingerprint density at radius 3 is 2.92 bits per heavy atom. The first-order chi connectivity index (χ1) is 6.13. The van der Waals surface area contributed by atoms with Crippen LogP contribution in [-0.4, -0.2) is 28.2 Å². The van der Waals surface area contributed by atoms with E-state index in [-0.39, 0.29) is 11.4 Å². The van der Waals surface area contributed by atoms with E-state index < -0.39 is 11.9 Å². The van der Waals surface area contributed by atoms with Crippen molar-refractivity contribution in [2.45, 2.75) is 25.2 Å². The number of hydrogen-bond acceptors (Lipinski definition) is 4. The fourth-order valence-electron chi connectivity index (χ4n) is 1.17. The minimum Gasteiger partial charge on any atom is -0.481 e. The molecule has 1 aliphatic rings. The molecule has 74 valence electrons. The Balaban J connectivity index is 2.38. The molecule has 1 saturated heterocycles. The standard InChI is InChI=1S/C8H12O4S/c1-2-5(8(10)11)3-7-12-6(9)4-13-7/h5,7H,2-4H2,1H3,(H,10,11). The van der Waals surface area contributed by atoms with Crippen molar-refractivity contribution in [3.8, 4) is 0 Å². The van der Waals surface area contributed by atoms with Gasteiger partial charge < -0.3 is 9.84 Å². The lowest BCUT2D eigenvalue weighted by Crippen LogP contribution is -2.18. The first-order valence-corrected chi connectivity index (χ1v) is 5.22. The second-order valence-corrected chi connectivity index (χ2v) is 4.06. The number of aliphatic carboxylic acids is 1. The summed E-state index contributed by atoms with van der Waals surface area (Å²) in [5.41, 5.74) is -0.256. The molecule has 2 atom stereocenters. The number of ether oxygens (including phenoxy) is 1. The van der Waals surface area contributed by atoms with Gasteiger partial charge in [0.25, 0.3) is 0 Å². The summed E-state index contributed by atoms with van der Waals surface area (Å²) in [5, 5.41) is 8.75. The van der Waals surface area contributed by atoms with E-state index in [2.05, 4.69) is 0 Å². The maximum atomic E-state index is 10.7. The predicted octanol–water partition coefficient (Wildman–Crippen LogP) is 1.10. The van der Waals surface area contributed by atoms with Crippen molar-refractivity contribution in [2.75, 3.05) is 5.75 Å². The molecule has 0 aliphatic carbocycles. The highest BCUT2D eigenvalue weighted by molar-refractivity contribution is 8.00. The number of esters is 1. The topological polar surface area (TPSA) is 63.6 Å². The van der Waals surface area contributed by atoms with Gasteiger partial charge in [-0.15, -0.1) is 11.8 Å². The number of cyclic esters (lactones) is 1. The van der Waals surface area contributed by atoms with Crippen LogP contribution in [-0.2, 0) is 14.3 Å². The normalized spacial score (nSPS) is 24.1. The Hall–Kier alpha value is -0.710. The molecule has 1 N–H and O–H groups in total. The van der Waals surface area contributed by atoms with Crippen LogP contribution in [0.15, 0.2) is 0 Å². The van der Waals surface area contributed by atoms with E-state index in [1.54, 1.807) is 0 Å². The first-order valence-electron chi connectivity index (χ1n) is 4.17. The van der Waals surface area contributed by atoms with E-state index in [1.807, 2.05) is 6.92 Å². The van der Waals surface area contributed by atoms with Gasteiger partial charge in [-0.3, -0.25) is 9.59 Å². The molecule has 4 nitrogen and oxygen atoms in total.